The highest BCUT2D eigenvalue weighted by Crippen LogP contribution is 2.24. The van der Waals surface area contributed by atoms with Crippen molar-refractivity contribution in [1.82, 2.24) is 0 Å². The zero-order valence-electron chi connectivity index (χ0n) is 11.0. The van der Waals surface area contributed by atoms with Crippen molar-refractivity contribution in [3.63, 3.8) is 0 Å². The first-order chi connectivity index (χ1) is 8.75. The molecule has 4 heteroatoms. The van der Waals surface area contributed by atoms with Gasteiger partial charge >= 0.3 is 0 Å². The number of hydrogen-bond donors (Lipinski definition) is 2. The number of piperazine rings is 1. The van der Waals surface area contributed by atoms with Gasteiger partial charge in [-0.2, -0.15) is 0 Å². The Bertz CT molecular complexity index is 378. The second-order valence-corrected chi connectivity index (χ2v) is 5.41. The van der Waals surface area contributed by atoms with Crippen molar-refractivity contribution in [3.8, 4) is 5.75 Å². The summed E-state index contributed by atoms with van der Waals surface area (Å²) < 4.78 is 5.73. The summed E-state index contributed by atoms with van der Waals surface area (Å²) in [6, 6.07) is 5.94. The Morgan fingerprint density at radius 3 is 2.83 bits per heavy atom. The normalized spacial score (nSPS) is 16.8. The fourth-order valence-corrected chi connectivity index (χ4v) is 2.65. The first kappa shape index (κ1) is 13.7. The highest BCUT2D eigenvalue weighted by Gasteiger charge is 2.14. The van der Waals surface area contributed by atoms with E-state index in [1.165, 1.54) is 38.3 Å². The number of hydrogen-bond acceptors (Lipinski definition) is 1. The number of aryl methyl sites for hydroxylation is 1. The van der Waals surface area contributed by atoms with Crippen molar-refractivity contribution in [2.75, 3.05) is 39.3 Å². The molecule has 18 heavy (non-hydrogen) atoms. The Kier molecular flexibility index (Phi) is 5.29. The maximum atomic E-state index is 6.12. The Balaban J connectivity index is 1.68. The molecule has 1 saturated heterocycles. The van der Waals surface area contributed by atoms with Crippen LogP contribution < -0.4 is 15.0 Å². The van der Waals surface area contributed by atoms with Gasteiger partial charge in [-0.3, -0.25) is 0 Å². The van der Waals surface area contributed by atoms with E-state index in [1.807, 2.05) is 25.1 Å². The molecule has 100 valence electrons. The van der Waals surface area contributed by atoms with Gasteiger partial charge in [-0.05, 0) is 24.6 Å². The van der Waals surface area contributed by atoms with Crippen molar-refractivity contribution >= 4 is 11.6 Å². The molecule has 0 unspecified atom stereocenters. The monoisotopic (exact) mass is 270 g/mol. The van der Waals surface area contributed by atoms with Crippen molar-refractivity contribution in [2.24, 2.45) is 0 Å². The molecule has 0 bridgehead atoms. The third-order valence-electron chi connectivity index (χ3n) is 3.42. The van der Waals surface area contributed by atoms with Gasteiger partial charge in [-0.15, -0.1) is 0 Å². The molecule has 0 amide bonds. The summed E-state index contributed by atoms with van der Waals surface area (Å²) in [5.41, 5.74) is 1.17. The fraction of sp³-hybridized carbons (Fsp3) is 0.571. The third kappa shape index (κ3) is 4.16. The Morgan fingerprint density at radius 2 is 2.11 bits per heavy atom. The molecular formula is C14H23ClN2O+2. The van der Waals surface area contributed by atoms with Crippen LogP contribution in [0.1, 0.15) is 12.0 Å². The smallest absolute Gasteiger partial charge is 0.137 e. The summed E-state index contributed by atoms with van der Waals surface area (Å²) in [4.78, 5) is 1.70. The zero-order valence-corrected chi connectivity index (χ0v) is 11.8. The van der Waals surface area contributed by atoms with Crippen molar-refractivity contribution in [3.05, 3.63) is 28.8 Å². The van der Waals surface area contributed by atoms with Gasteiger partial charge in [0, 0.05) is 6.42 Å². The van der Waals surface area contributed by atoms with Crippen LogP contribution in [0.15, 0.2) is 18.2 Å². The molecule has 3 nitrogen and oxygen atoms in total. The summed E-state index contributed by atoms with van der Waals surface area (Å²) >= 11 is 6.12. The molecule has 1 aromatic carbocycles. The predicted molar refractivity (Wildman–Crippen MR) is 73.5 cm³/mol. The van der Waals surface area contributed by atoms with E-state index in [4.69, 9.17) is 16.3 Å². The minimum absolute atomic E-state index is 0.718. The van der Waals surface area contributed by atoms with Crippen LogP contribution in [0, 0.1) is 6.92 Å². The number of nitrogens with one attached hydrogen (secondary N) is 1. The molecule has 3 N–H and O–H groups in total. The average molecular weight is 271 g/mol. The van der Waals surface area contributed by atoms with Crippen molar-refractivity contribution < 1.29 is 15.0 Å². The average Bonchev–Trinajstić information content (AvgIpc) is 2.38. The van der Waals surface area contributed by atoms with Gasteiger partial charge in [0.05, 0.1) is 18.2 Å². The highest BCUT2D eigenvalue weighted by atomic mass is 35.5. The van der Waals surface area contributed by atoms with Crippen LogP contribution in [0.5, 0.6) is 5.75 Å². The Labute approximate surface area is 114 Å². The molecule has 1 heterocycles. The maximum absolute atomic E-state index is 6.12. The highest BCUT2D eigenvalue weighted by molar-refractivity contribution is 6.32. The second kappa shape index (κ2) is 6.98. The number of ether oxygens (including phenoxy) is 1. The van der Waals surface area contributed by atoms with Crippen LogP contribution in [0.3, 0.4) is 0 Å². The quantitative estimate of drug-likeness (QED) is 0.718. The van der Waals surface area contributed by atoms with Gasteiger partial charge < -0.3 is 15.0 Å². The topological polar surface area (TPSA) is 30.3 Å². The van der Waals surface area contributed by atoms with Crippen molar-refractivity contribution in [2.45, 2.75) is 13.3 Å². The lowest BCUT2D eigenvalue weighted by atomic mass is 10.2. The first-order valence-electron chi connectivity index (χ1n) is 6.80. The van der Waals surface area contributed by atoms with Gasteiger partial charge in [0.1, 0.15) is 31.9 Å². The van der Waals surface area contributed by atoms with Gasteiger partial charge in [-0.1, -0.05) is 17.7 Å². The molecule has 0 spiro atoms. The molecule has 0 saturated carbocycles. The van der Waals surface area contributed by atoms with Crippen LogP contribution in [-0.4, -0.2) is 39.3 Å². The maximum Gasteiger partial charge on any atom is 0.137 e. The molecular weight excluding hydrogens is 248 g/mol. The summed E-state index contributed by atoms with van der Waals surface area (Å²) in [7, 11) is 0. The van der Waals surface area contributed by atoms with Crippen LogP contribution >= 0.6 is 11.6 Å². The van der Waals surface area contributed by atoms with E-state index in [2.05, 4.69) is 5.32 Å². The number of nitrogens with two attached hydrogens (primary N) is 1. The third-order valence-corrected chi connectivity index (χ3v) is 3.72. The molecule has 1 aromatic rings. The molecule has 1 aliphatic heterocycles. The fourth-order valence-electron chi connectivity index (χ4n) is 2.36. The van der Waals surface area contributed by atoms with Crippen LogP contribution in [0.2, 0.25) is 5.02 Å². The molecule has 2 rings (SSSR count). The minimum Gasteiger partial charge on any atom is -0.492 e. The molecule has 1 fully saturated rings. The number of benzene rings is 1. The van der Waals surface area contributed by atoms with Gasteiger partial charge in [0.15, 0.2) is 0 Å². The summed E-state index contributed by atoms with van der Waals surface area (Å²) in [6.07, 6.45) is 1.10. The molecule has 0 aromatic heterocycles. The van der Waals surface area contributed by atoms with E-state index in [0.717, 1.165) is 23.8 Å². The van der Waals surface area contributed by atoms with E-state index in [-0.39, 0.29) is 0 Å². The number of halogens is 1. The minimum atomic E-state index is 0.718. The molecule has 1 aliphatic rings. The summed E-state index contributed by atoms with van der Waals surface area (Å²) in [6.45, 7) is 9.09. The Hall–Kier alpha value is -0.770. The SMILES string of the molecule is Cc1ccc(OCCC[NH+]2CC[NH2+]CC2)c(Cl)c1. The summed E-state index contributed by atoms with van der Waals surface area (Å²) in [5.74, 6) is 0.809. The van der Waals surface area contributed by atoms with E-state index >= 15 is 0 Å². The van der Waals surface area contributed by atoms with E-state index in [9.17, 15) is 0 Å². The van der Waals surface area contributed by atoms with Crippen LogP contribution in [0.4, 0.5) is 0 Å². The van der Waals surface area contributed by atoms with E-state index in [0.29, 0.717) is 0 Å². The van der Waals surface area contributed by atoms with Crippen LogP contribution in [0.25, 0.3) is 0 Å². The number of rotatable bonds is 5. The molecule has 0 aliphatic carbocycles. The van der Waals surface area contributed by atoms with Crippen LogP contribution in [-0.2, 0) is 0 Å². The van der Waals surface area contributed by atoms with Crippen molar-refractivity contribution in [1.29, 1.82) is 0 Å². The molecule has 0 atom stereocenters. The first-order valence-corrected chi connectivity index (χ1v) is 7.17. The van der Waals surface area contributed by atoms with Gasteiger partial charge in [0.2, 0.25) is 0 Å². The lowest BCUT2D eigenvalue weighted by molar-refractivity contribution is -0.946. The predicted octanol–water partition coefficient (Wildman–Crippen LogP) is -0.121. The lowest BCUT2D eigenvalue weighted by Gasteiger charge is -2.22. The van der Waals surface area contributed by atoms with E-state index in [1.54, 1.807) is 4.90 Å². The number of quaternary nitrogens is 2. The lowest BCUT2D eigenvalue weighted by Crippen LogP contribution is -3.20. The zero-order chi connectivity index (χ0) is 12.8. The standard InChI is InChI=1S/C14H21ClN2O/c1-12-3-4-14(13(15)11-12)18-10-2-7-17-8-5-16-6-9-17/h3-4,11,16H,2,5-10H2,1H3/p+2. The van der Waals surface area contributed by atoms with Gasteiger partial charge in [0.25, 0.3) is 0 Å². The second-order valence-electron chi connectivity index (χ2n) is 5.00. The molecule has 0 radical (unpaired) electrons. The summed E-state index contributed by atoms with van der Waals surface area (Å²) in [5, 5.41) is 3.11. The Morgan fingerprint density at radius 1 is 1.33 bits per heavy atom. The van der Waals surface area contributed by atoms with E-state index < -0.39 is 0 Å². The van der Waals surface area contributed by atoms with Gasteiger partial charge in [-0.25, -0.2) is 0 Å². The largest absolute Gasteiger partial charge is 0.492 e.